The van der Waals surface area contributed by atoms with E-state index in [1.54, 1.807) is 25.3 Å². The van der Waals surface area contributed by atoms with Crippen molar-refractivity contribution in [3.8, 4) is 0 Å². The van der Waals surface area contributed by atoms with E-state index in [1.165, 1.54) is 19.2 Å². The molecule has 0 bridgehead atoms. The molecule has 0 amide bonds. The lowest BCUT2D eigenvalue weighted by molar-refractivity contribution is 0.588. The molecule has 17 heavy (non-hydrogen) atoms. The van der Waals surface area contributed by atoms with Crippen LogP contribution in [-0.2, 0) is 10.0 Å². The molecule has 0 aliphatic carbocycles. The van der Waals surface area contributed by atoms with Crippen LogP contribution in [0, 0.1) is 0 Å². The number of nitrogens with zero attached hydrogens (tertiary/aromatic N) is 1. The van der Waals surface area contributed by atoms with Gasteiger partial charge in [0.15, 0.2) is 0 Å². The van der Waals surface area contributed by atoms with Crippen LogP contribution in [0.1, 0.15) is 0 Å². The molecule has 0 aliphatic rings. The van der Waals surface area contributed by atoms with Crippen LogP contribution in [0.3, 0.4) is 0 Å². The van der Waals surface area contributed by atoms with E-state index in [4.69, 9.17) is 0 Å². The predicted molar refractivity (Wildman–Crippen MR) is 69.9 cm³/mol. The van der Waals surface area contributed by atoms with Gasteiger partial charge in [-0.1, -0.05) is 12.6 Å². The third kappa shape index (κ3) is 3.40. The van der Waals surface area contributed by atoms with Gasteiger partial charge in [-0.05, 0) is 31.3 Å². The number of nitrogens with one attached hydrogen (secondary N) is 2. The van der Waals surface area contributed by atoms with Crippen molar-refractivity contribution in [2.45, 2.75) is 4.90 Å². The summed E-state index contributed by atoms with van der Waals surface area (Å²) >= 11 is 0. The number of sulfonamides is 1. The Labute approximate surface area is 101 Å². The molecular formula is C11H15N3O2S. The van der Waals surface area contributed by atoms with Crippen molar-refractivity contribution in [3.63, 3.8) is 0 Å². The van der Waals surface area contributed by atoms with E-state index in [0.717, 1.165) is 0 Å². The van der Waals surface area contributed by atoms with Gasteiger partial charge in [-0.15, -0.1) is 0 Å². The molecule has 2 N–H and O–H groups in total. The van der Waals surface area contributed by atoms with Gasteiger partial charge >= 0.3 is 0 Å². The normalized spacial score (nSPS) is 12.2. The first-order valence-electron chi connectivity index (χ1n) is 4.93. The minimum Gasteiger partial charge on any atom is -0.341 e. The van der Waals surface area contributed by atoms with Crippen LogP contribution < -0.4 is 10.0 Å². The monoisotopic (exact) mass is 253 g/mol. The van der Waals surface area contributed by atoms with Gasteiger partial charge in [0.2, 0.25) is 10.0 Å². The summed E-state index contributed by atoms with van der Waals surface area (Å²) in [5.74, 6) is 0.573. The Balaban J connectivity index is 3.06. The molecule has 92 valence electrons. The number of hydrogen-bond acceptors (Lipinski definition) is 3. The highest BCUT2D eigenvalue weighted by atomic mass is 32.2. The van der Waals surface area contributed by atoms with Crippen LogP contribution in [0.2, 0.25) is 0 Å². The lowest BCUT2D eigenvalue weighted by atomic mass is 10.3. The third-order valence-corrected chi connectivity index (χ3v) is 3.53. The number of hydrogen-bond donors (Lipinski definition) is 2. The average molecular weight is 253 g/mol. The maximum Gasteiger partial charge on any atom is 0.240 e. The van der Waals surface area contributed by atoms with Crippen LogP contribution in [0.5, 0.6) is 0 Å². The van der Waals surface area contributed by atoms with Gasteiger partial charge in [0.05, 0.1) is 4.90 Å². The Morgan fingerprint density at radius 1 is 1.47 bits per heavy atom. The number of anilines is 1. The minimum atomic E-state index is -3.43. The maximum absolute atomic E-state index is 11.6. The van der Waals surface area contributed by atoms with E-state index in [-0.39, 0.29) is 4.90 Å². The largest absolute Gasteiger partial charge is 0.341 e. The topological polar surface area (TPSA) is 70.6 Å². The van der Waals surface area contributed by atoms with Gasteiger partial charge in [0.25, 0.3) is 0 Å². The number of rotatable bonds is 4. The molecule has 0 radical (unpaired) electrons. The van der Waals surface area contributed by atoms with Crippen LogP contribution >= 0.6 is 0 Å². The molecule has 0 spiro atoms. The number of aliphatic imine (C=N–C) groups is 1. The smallest absolute Gasteiger partial charge is 0.240 e. The van der Waals surface area contributed by atoms with E-state index >= 15 is 0 Å². The lowest BCUT2D eigenvalue weighted by Gasteiger charge is -2.08. The summed E-state index contributed by atoms with van der Waals surface area (Å²) in [4.78, 5) is 4.13. The zero-order valence-electron chi connectivity index (χ0n) is 9.77. The zero-order chi connectivity index (χ0) is 12.9. The minimum absolute atomic E-state index is 0.199. The zero-order valence-corrected chi connectivity index (χ0v) is 10.6. The van der Waals surface area contributed by atoms with E-state index in [1.807, 2.05) is 0 Å². The van der Waals surface area contributed by atoms with Crippen molar-refractivity contribution < 1.29 is 8.42 Å². The van der Waals surface area contributed by atoms with Gasteiger partial charge in [0.1, 0.15) is 5.84 Å². The summed E-state index contributed by atoms with van der Waals surface area (Å²) in [7, 11) is -0.429. The van der Waals surface area contributed by atoms with Crippen LogP contribution in [0.4, 0.5) is 5.69 Å². The molecule has 0 atom stereocenters. The van der Waals surface area contributed by atoms with Gasteiger partial charge in [0, 0.05) is 12.7 Å². The second-order valence-electron chi connectivity index (χ2n) is 3.17. The summed E-state index contributed by atoms with van der Waals surface area (Å²) in [5, 5.41) is 2.95. The van der Waals surface area contributed by atoms with E-state index < -0.39 is 10.0 Å². The summed E-state index contributed by atoms with van der Waals surface area (Å²) in [6.07, 6.45) is 1.55. The molecule has 0 aromatic heterocycles. The molecule has 0 saturated carbocycles. The molecule has 5 nitrogen and oxygen atoms in total. The van der Waals surface area contributed by atoms with Gasteiger partial charge in [-0.25, -0.2) is 13.1 Å². The average Bonchev–Trinajstić information content (AvgIpc) is 2.36. The van der Waals surface area contributed by atoms with Gasteiger partial charge in [-0.2, -0.15) is 0 Å². The van der Waals surface area contributed by atoms with E-state index in [9.17, 15) is 8.42 Å². The van der Waals surface area contributed by atoms with E-state index in [0.29, 0.717) is 11.5 Å². The molecule has 1 aromatic rings. The Kier molecular flexibility index (Phi) is 4.42. The van der Waals surface area contributed by atoms with E-state index in [2.05, 4.69) is 21.6 Å². The van der Waals surface area contributed by atoms with Crippen molar-refractivity contribution in [3.05, 3.63) is 36.9 Å². The highest BCUT2D eigenvalue weighted by molar-refractivity contribution is 7.89. The molecular weight excluding hydrogens is 238 g/mol. The van der Waals surface area contributed by atoms with Gasteiger partial charge in [-0.3, -0.25) is 4.99 Å². The first kappa shape index (κ1) is 13.4. The van der Waals surface area contributed by atoms with Crippen molar-refractivity contribution in [1.29, 1.82) is 0 Å². The van der Waals surface area contributed by atoms with Crippen LogP contribution in [0.15, 0.2) is 46.8 Å². The van der Waals surface area contributed by atoms with Crippen molar-refractivity contribution in [1.82, 2.24) is 4.72 Å². The summed E-state index contributed by atoms with van der Waals surface area (Å²) in [6.45, 7) is 3.59. The molecule has 0 fully saturated rings. The van der Waals surface area contributed by atoms with Crippen molar-refractivity contribution in [2.75, 3.05) is 19.4 Å². The number of benzene rings is 1. The fraction of sp³-hybridized carbons (Fsp3) is 0.182. The molecule has 1 rings (SSSR count). The Bertz CT molecular complexity index is 535. The van der Waals surface area contributed by atoms with Gasteiger partial charge < -0.3 is 5.32 Å². The molecule has 0 aliphatic heterocycles. The second-order valence-corrected chi connectivity index (χ2v) is 5.06. The highest BCUT2D eigenvalue weighted by Gasteiger charge is 2.11. The highest BCUT2D eigenvalue weighted by Crippen LogP contribution is 2.15. The standard InChI is InChI=1S/C11H15N3O2S/c1-4-11(12-2)14-9-6-5-7-10(8-9)17(15,16)13-3/h4-8,13H,1H2,2-3H3,(H,12,14). The first-order chi connectivity index (χ1) is 8.03. The molecule has 6 heteroatoms. The number of amidine groups is 1. The third-order valence-electron chi connectivity index (χ3n) is 2.12. The quantitative estimate of drug-likeness (QED) is 0.626. The summed E-state index contributed by atoms with van der Waals surface area (Å²) in [6, 6.07) is 6.46. The molecule has 1 aromatic carbocycles. The maximum atomic E-state index is 11.6. The van der Waals surface area contributed by atoms with Crippen LogP contribution in [0.25, 0.3) is 0 Å². The first-order valence-corrected chi connectivity index (χ1v) is 6.41. The molecule has 0 heterocycles. The molecule has 0 saturated heterocycles. The van der Waals surface area contributed by atoms with Crippen molar-refractivity contribution >= 4 is 21.5 Å². The molecule has 0 unspecified atom stereocenters. The van der Waals surface area contributed by atoms with Crippen molar-refractivity contribution in [2.24, 2.45) is 4.99 Å². The Morgan fingerprint density at radius 3 is 2.71 bits per heavy atom. The second kappa shape index (κ2) is 5.60. The lowest BCUT2D eigenvalue weighted by Crippen LogP contribution is -2.18. The SMILES string of the molecule is C=CC(=NC)Nc1cccc(S(=O)(=O)NC)c1. The Morgan fingerprint density at radius 2 is 2.18 bits per heavy atom. The summed E-state index contributed by atoms with van der Waals surface area (Å²) < 4.78 is 25.4. The fourth-order valence-electron chi connectivity index (χ4n) is 1.20. The summed E-state index contributed by atoms with van der Waals surface area (Å²) in [5.41, 5.74) is 0.641. The van der Waals surface area contributed by atoms with Crippen LogP contribution in [-0.4, -0.2) is 28.3 Å². The predicted octanol–water partition coefficient (Wildman–Crippen LogP) is 1.22. The fourth-order valence-corrected chi connectivity index (χ4v) is 1.98. The Hall–Kier alpha value is -1.66.